The van der Waals surface area contributed by atoms with Gasteiger partial charge in [0.05, 0.1) is 7.11 Å². The Morgan fingerprint density at radius 2 is 1.95 bits per heavy atom. The molecule has 0 atom stereocenters. The summed E-state index contributed by atoms with van der Waals surface area (Å²) in [5.41, 5.74) is 1.60. The lowest BCUT2D eigenvalue weighted by Crippen LogP contribution is -2.10. The average molecular weight is 283 g/mol. The molecular weight excluding hydrogens is 266 g/mol. The van der Waals surface area contributed by atoms with E-state index in [4.69, 9.17) is 9.47 Å². The topological polar surface area (TPSA) is 47.6 Å². The van der Waals surface area contributed by atoms with E-state index in [0.717, 1.165) is 11.3 Å². The Morgan fingerprint density at radius 3 is 2.71 bits per heavy atom. The van der Waals surface area contributed by atoms with Crippen molar-refractivity contribution in [2.45, 2.75) is 6.61 Å². The predicted octanol–water partition coefficient (Wildman–Crippen LogP) is 3.40. The van der Waals surface area contributed by atoms with Crippen molar-refractivity contribution in [2.24, 2.45) is 0 Å². The van der Waals surface area contributed by atoms with Crippen molar-refractivity contribution in [3.05, 3.63) is 66.7 Å². The van der Waals surface area contributed by atoms with Crippen LogP contribution in [0.3, 0.4) is 0 Å². The van der Waals surface area contributed by atoms with Crippen LogP contribution in [-0.4, -0.2) is 13.0 Å². The van der Waals surface area contributed by atoms with Crippen LogP contribution in [0.1, 0.15) is 5.56 Å². The molecule has 2 rings (SSSR count). The molecule has 0 heterocycles. The van der Waals surface area contributed by atoms with Gasteiger partial charge in [0.15, 0.2) is 0 Å². The maximum absolute atomic E-state index is 11.4. The van der Waals surface area contributed by atoms with Gasteiger partial charge in [0.25, 0.3) is 0 Å². The molecule has 0 spiro atoms. The minimum absolute atomic E-state index is 0.246. The van der Waals surface area contributed by atoms with E-state index in [0.29, 0.717) is 18.0 Å². The molecule has 0 radical (unpaired) electrons. The molecule has 0 saturated carbocycles. The average Bonchev–Trinajstić information content (AvgIpc) is 2.54. The van der Waals surface area contributed by atoms with Crippen molar-refractivity contribution in [3.63, 3.8) is 0 Å². The van der Waals surface area contributed by atoms with Crippen LogP contribution in [0.15, 0.2) is 61.2 Å². The highest BCUT2D eigenvalue weighted by Crippen LogP contribution is 2.22. The number of hydrogen-bond acceptors (Lipinski definition) is 3. The Morgan fingerprint density at radius 1 is 1.19 bits per heavy atom. The van der Waals surface area contributed by atoms with Gasteiger partial charge in [-0.3, -0.25) is 4.79 Å². The van der Waals surface area contributed by atoms with Crippen LogP contribution in [0.5, 0.6) is 11.5 Å². The molecule has 0 aliphatic rings. The molecule has 4 heteroatoms. The van der Waals surface area contributed by atoms with Crippen molar-refractivity contribution >= 4 is 11.6 Å². The van der Waals surface area contributed by atoms with Gasteiger partial charge in [-0.2, -0.15) is 0 Å². The maximum atomic E-state index is 11.4. The fourth-order valence-electron chi connectivity index (χ4n) is 1.80. The normalized spacial score (nSPS) is 9.76. The van der Waals surface area contributed by atoms with Crippen molar-refractivity contribution < 1.29 is 14.3 Å². The first kappa shape index (κ1) is 14.7. The second kappa shape index (κ2) is 7.14. The molecule has 0 fully saturated rings. The van der Waals surface area contributed by atoms with Gasteiger partial charge >= 0.3 is 0 Å². The SMILES string of the molecule is C=CC(=O)Nc1ccccc1COc1cccc(OC)c1. The Hall–Kier alpha value is -2.75. The number of hydrogen-bond donors (Lipinski definition) is 1. The number of carbonyl (C=O) groups excluding carboxylic acids is 1. The minimum atomic E-state index is -0.246. The molecule has 0 aliphatic carbocycles. The van der Waals surface area contributed by atoms with Crippen LogP contribution in [0.25, 0.3) is 0 Å². The van der Waals surface area contributed by atoms with E-state index >= 15 is 0 Å². The molecule has 0 saturated heterocycles. The van der Waals surface area contributed by atoms with Crippen LogP contribution in [0.4, 0.5) is 5.69 Å². The van der Waals surface area contributed by atoms with Crippen molar-refractivity contribution in [3.8, 4) is 11.5 Å². The summed E-state index contributed by atoms with van der Waals surface area (Å²) in [6.07, 6.45) is 1.24. The lowest BCUT2D eigenvalue weighted by Gasteiger charge is -2.12. The fourth-order valence-corrected chi connectivity index (χ4v) is 1.80. The number of carbonyl (C=O) groups is 1. The maximum Gasteiger partial charge on any atom is 0.247 e. The van der Waals surface area contributed by atoms with E-state index in [9.17, 15) is 4.79 Å². The zero-order valence-electron chi connectivity index (χ0n) is 11.8. The van der Waals surface area contributed by atoms with Crippen LogP contribution in [-0.2, 0) is 11.4 Å². The minimum Gasteiger partial charge on any atom is -0.497 e. The van der Waals surface area contributed by atoms with E-state index in [1.54, 1.807) is 7.11 Å². The third kappa shape index (κ3) is 4.11. The number of methoxy groups -OCH3 is 1. The van der Waals surface area contributed by atoms with E-state index in [1.165, 1.54) is 6.08 Å². The second-order valence-electron chi connectivity index (χ2n) is 4.32. The Balaban J connectivity index is 2.08. The van der Waals surface area contributed by atoms with Gasteiger partial charge in [0.2, 0.25) is 5.91 Å². The van der Waals surface area contributed by atoms with E-state index < -0.39 is 0 Å². The number of amides is 1. The highest BCUT2D eigenvalue weighted by atomic mass is 16.5. The third-order valence-corrected chi connectivity index (χ3v) is 2.90. The molecule has 0 bridgehead atoms. The molecule has 0 aliphatic heterocycles. The summed E-state index contributed by atoms with van der Waals surface area (Å²) >= 11 is 0. The summed E-state index contributed by atoms with van der Waals surface area (Å²) in [5.74, 6) is 1.20. The number of para-hydroxylation sites is 1. The monoisotopic (exact) mass is 283 g/mol. The molecule has 2 aromatic carbocycles. The summed E-state index contributed by atoms with van der Waals surface area (Å²) in [7, 11) is 1.61. The number of nitrogens with one attached hydrogen (secondary N) is 1. The summed E-state index contributed by atoms with van der Waals surface area (Å²) in [6, 6.07) is 14.9. The Labute approximate surface area is 124 Å². The zero-order chi connectivity index (χ0) is 15.1. The molecule has 0 unspecified atom stereocenters. The Bertz CT molecular complexity index is 637. The van der Waals surface area contributed by atoms with Gasteiger partial charge in [0, 0.05) is 17.3 Å². The van der Waals surface area contributed by atoms with E-state index in [1.807, 2.05) is 48.5 Å². The first-order chi connectivity index (χ1) is 10.2. The van der Waals surface area contributed by atoms with Crippen molar-refractivity contribution in [1.82, 2.24) is 0 Å². The number of rotatable bonds is 6. The van der Waals surface area contributed by atoms with Gasteiger partial charge in [-0.05, 0) is 24.3 Å². The van der Waals surface area contributed by atoms with Gasteiger partial charge in [-0.1, -0.05) is 30.8 Å². The van der Waals surface area contributed by atoms with E-state index in [-0.39, 0.29) is 5.91 Å². The van der Waals surface area contributed by atoms with Crippen LogP contribution >= 0.6 is 0 Å². The smallest absolute Gasteiger partial charge is 0.247 e. The van der Waals surface area contributed by atoms with Crippen molar-refractivity contribution in [2.75, 3.05) is 12.4 Å². The summed E-state index contributed by atoms with van der Waals surface area (Å²) in [4.78, 5) is 11.4. The fraction of sp³-hybridized carbons (Fsp3) is 0.118. The molecule has 108 valence electrons. The number of anilines is 1. The Kier molecular flexibility index (Phi) is 4.99. The van der Waals surface area contributed by atoms with Gasteiger partial charge in [0.1, 0.15) is 18.1 Å². The second-order valence-corrected chi connectivity index (χ2v) is 4.32. The quantitative estimate of drug-likeness (QED) is 0.827. The van der Waals surface area contributed by atoms with Crippen LogP contribution in [0.2, 0.25) is 0 Å². The third-order valence-electron chi connectivity index (χ3n) is 2.90. The zero-order valence-corrected chi connectivity index (χ0v) is 11.8. The summed E-state index contributed by atoms with van der Waals surface area (Å²) in [6.45, 7) is 3.79. The molecular formula is C17H17NO3. The lowest BCUT2D eigenvalue weighted by molar-refractivity contribution is -0.111. The molecule has 4 nitrogen and oxygen atoms in total. The molecule has 1 amide bonds. The predicted molar refractivity (Wildman–Crippen MR) is 82.6 cm³/mol. The largest absolute Gasteiger partial charge is 0.497 e. The first-order valence-corrected chi connectivity index (χ1v) is 6.51. The van der Waals surface area contributed by atoms with Gasteiger partial charge in [-0.15, -0.1) is 0 Å². The highest BCUT2D eigenvalue weighted by molar-refractivity contribution is 5.99. The molecule has 0 aromatic heterocycles. The molecule has 1 N–H and O–H groups in total. The van der Waals surface area contributed by atoms with Crippen LogP contribution < -0.4 is 14.8 Å². The highest BCUT2D eigenvalue weighted by Gasteiger charge is 2.05. The standard InChI is InChI=1S/C17H17NO3/c1-3-17(19)18-16-10-5-4-7-13(16)12-21-15-9-6-8-14(11-15)20-2/h3-11H,1,12H2,2H3,(H,18,19). The molecule has 21 heavy (non-hydrogen) atoms. The lowest BCUT2D eigenvalue weighted by atomic mass is 10.2. The van der Waals surface area contributed by atoms with Crippen LogP contribution in [0, 0.1) is 0 Å². The van der Waals surface area contributed by atoms with Gasteiger partial charge < -0.3 is 14.8 Å². The van der Waals surface area contributed by atoms with Gasteiger partial charge in [-0.25, -0.2) is 0 Å². The summed E-state index contributed by atoms with van der Waals surface area (Å²) < 4.78 is 10.9. The van der Waals surface area contributed by atoms with E-state index in [2.05, 4.69) is 11.9 Å². The summed E-state index contributed by atoms with van der Waals surface area (Å²) in [5, 5.41) is 2.76. The van der Waals surface area contributed by atoms with Crippen molar-refractivity contribution in [1.29, 1.82) is 0 Å². The number of ether oxygens (including phenoxy) is 2. The number of benzene rings is 2. The molecule has 2 aromatic rings. The first-order valence-electron chi connectivity index (χ1n) is 6.51.